The van der Waals surface area contributed by atoms with Gasteiger partial charge in [-0.05, 0) is 44.4 Å². The molecule has 0 bridgehead atoms. The van der Waals surface area contributed by atoms with E-state index in [1.807, 2.05) is 25.7 Å². The number of hydrogen-bond acceptors (Lipinski definition) is 2. The lowest BCUT2D eigenvalue weighted by Crippen LogP contribution is -2.72. The van der Waals surface area contributed by atoms with Gasteiger partial charge >= 0.3 is 0 Å². The van der Waals surface area contributed by atoms with E-state index < -0.39 is 5.54 Å². The summed E-state index contributed by atoms with van der Waals surface area (Å²) in [6, 6.07) is -0.154. The third-order valence-corrected chi connectivity index (χ3v) is 4.99. The molecule has 2 amide bonds. The van der Waals surface area contributed by atoms with Gasteiger partial charge in [0.05, 0.1) is 0 Å². The molecule has 2 atom stereocenters. The van der Waals surface area contributed by atoms with E-state index in [4.69, 9.17) is 0 Å². The molecule has 1 aliphatic heterocycles. The van der Waals surface area contributed by atoms with Gasteiger partial charge in [-0.2, -0.15) is 0 Å². The second kappa shape index (κ2) is 5.38. The van der Waals surface area contributed by atoms with Crippen molar-refractivity contribution in [3.05, 3.63) is 0 Å². The fraction of sp³-hybridized carbons (Fsp3) is 0.875. The Morgan fingerprint density at radius 3 is 2.20 bits per heavy atom. The molecule has 0 radical (unpaired) electrons. The predicted octanol–water partition coefficient (Wildman–Crippen LogP) is 2.33. The van der Waals surface area contributed by atoms with Gasteiger partial charge in [0.25, 0.3) is 0 Å². The van der Waals surface area contributed by atoms with E-state index in [9.17, 15) is 9.59 Å². The zero-order chi connectivity index (χ0) is 15.1. The first-order valence-corrected chi connectivity index (χ1v) is 8.01. The lowest BCUT2D eigenvalue weighted by Gasteiger charge is -2.49. The number of amides is 2. The quantitative estimate of drug-likeness (QED) is 0.840. The van der Waals surface area contributed by atoms with Crippen molar-refractivity contribution < 1.29 is 9.59 Å². The first-order valence-electron chi connectivity index (χ1n) is 8.01. The van der Waals surface area contributed by atoms with Crippen molar-refractivity contribution in [3.63, 3.8) is 0 Å². The van der Waals surface area contributed by atoms with Gasteiger partial charge in [-0.1, -0.05) is 27.7 Å². The Bertz CT molecular complexity index is 399. The van der Waals surface area contributed by atoms with Gasteiger partial charge in [0, 0.05) is 6.04 Å². The van der Waals surface area contributed by atoms with Crippen LogP contribution in [0.15, 0.2) is 0 Å². The number of carbonyl (C=O) groups excluding carboxylic acids is 2. The summed E-state index contributed by atoms with van der Waals surface area (Å²) in [7, 11) is 0. The first kappa shape index (κ1) is 15.3. The topological polar surface area (TPSA) is 49.4 Å². The fourth-order valence-electron chi connectivity index (χ4n) is 3.54. The number of carbonyl (C=O) groups is 2. The van der Waals surface area contributed by atoms with Crippen molar-refractivity contribution >= 4 is 11.8 Å². The minimum absolute atomic E-state index is 0.0286. The number of hydrogen-bond donors (Lipinski definition) is 1. The smallest absolute Gasteiger partial charge is 0.249 e. The minimum Gasteiger partial charge on any atom is -0.340 e. The van der Waals surface area contributed by atoms with Gasteiger partial charge in [0.1, 0.15) is 11.6 Å². The molecule has 1 aliphatic carbocycles. The van der Waals surface area contributed by atoms with Crippen LogP contribution in [0.25, 0.3) is 0 Å². The normalized spacial score (nSPS) is 31.1. The van der Waals surface area contributed by atoms with E-state index in [1.54, 1.807) is 0 Å². The van der Waals surface area contributed by atoms with Crippen LogP contribution in [0.4, 0.5) is 0 Å². The Labute approximate surface area is 122 Å². The van der Waals surface area contributed by atoms with E-state index in [0.717, 1.165) is 25.7 Å². The van der Waals surface area contributed by atoms with Crippen molar-refractivity contribution in [3.8, 4) is 0 Å². The van der Waals surface area contributed by atoms with Crippen LogP contribution in [0, 0.1) is 11.8 Å². The molecule has 1 heterocycles. The zero-order valence-corrected chi connectivity index (χ0v) is 13.4. The van der Waals surface area contributed by atoms with Crippen molar-refractivity contribution in [1.29, 1.82) is 0 Å². The minimum atomic E-state index is -0.676. The lowest BCUT2D eigenvalue weighted by molar-refractivity contribution is -0.160. The molecule has 1 saturated carbocycles. The van der Waals surface area contributed by atoms with E-state index in [0.29, 0.717) is 5.92 Å². The zero-order valence-electron chi connectivity index (χ0n) is 13.4. The summed E-state index contributed by atoms with van der Waals surface area (Å²) in [5.74, 6) is 0.625. The van der Waals surface area contributed by atoms with E-state index >= 15 is 0 Å². The second-order valence-electron chi connectivity index (χ2n) is 6.84. The van der Waals surface area contributed by atoms with Crippen LogP contribution in [0.2, 0.25) is 0 Å². The molecule has 0 aromatic rings. The van der Waals surface area contributed by atoms with Gasteiger partial charge < -0.3 is 10.2 Å². The summed E-state index contributed by atoms with van der Waals surface area (Å²) < 4.78 is 0. The molecule has 0 aromatic carbocycles. The molecule has 2 fully saturated rings. The maximum Gasteiger partial charge on any atom is 0.249 e. The summed E-state index contributed by atoms with van der Waals surface area (Å²) in [6.45, 7) is 10.1. The largest absolute Gasteiger partial charge is 0.340 e. The Hall–Kier alpha value is -1.06. The molecular weight excluding hydrogens is 252 g/mol. The Morgan fingerprint density at radius 1 is 1.25 bits per heavy atom. The summed E-state index contributed by atoms with van der Waals surface area (Å²) in [5.41, 5.74) is -0.676. The fourth-order valence-corrected chi connectivity index (χ4v) is 3.54. The Kier molecular flexibility index (Phi) is 4.12. The van der Waals surface area contributed by atoms with Gasteiger partial charge in [-0.25, -0.2) is 0 Å². The third kappa shape index (κ3) is 2.33. The molecule has 2 unspecified atom stereocenters. The average Bonchev–Trinajstić information content (AvgIpc) is 3.20. The van der Waals surface area contributed by atoms with Gasteiger partial charge in [-0.15, -0.1) is 0 Å². The van der Waals surface area contributed by atoms with Crippen LogP contribution in [0.5, 0.6) is 0 Å². The number of nitrogens with zero attached hydrogens (tertiary/aromatic N) is 1. The highest BCUT2D eigenvalue weighted by Gasteiger charge is 2.56. The molecule has 1 N–H and O–H groups in total. The van der Waals surface area contributed by atoms with Crippen LogP contribution in [-0.2, 0) is 9.59 Å². The van der Waals surface area contributed by atoms with Crippen LogP contribution in [0.1, 0.15) is 60.3 Å². The lowest BCUT2D eigenvalue weighted by atomic mass is 9.85. The molecular formula is C16H28N2O2. The highest BCUT2D eigenvalue weighted by Crippen LogP contribution is 2.43. The van der Waals surface area contributed by atoms with Crippen LogP contribution in [-0.4, -0.2) is 34.3 Å². The summed E-state index contributed by atoms with van der Waals surface area (Å²) in [5, 5.41) is 3.04. The van der Waals surface area contributed by atoms with Crippen molar-refractivity contribution in [2.24, 2.45) is 11.8 Å². The molecule has 114 valence electrons. The summed E-state index contributed by atoms with van der Waals surface area (Å²) in [6.07, 6.45) is 3.90. The van der Waals surface area contributed by atoms with Crippen molar-refractivity contribution in [2.75, 3.05) is 0 Å². The molecule has 4 nitrogen and oxygen atoms in total. The van der Waals surface area contributed by atoms with E-state index in [2.05, 4.69) is 19.2 Å². The van der Waals surface area contributed by atoms with Crippen LogP contribution >= 0.6 is 0 Å². The molecule has 1 saturated heterocycles. The Balaban J connectivity index is 2.38. The number of piperazine rings is 1. The highest BCUT2D eigenvalue weighted by atomic mass is 16.2. The molecule has 20 heavy (non-hydrogen) atoms. The molecule has 2 aliphatic rings. The second-order valence-corrected chi connectivity index (χ2v) is 6.84. The maximum absolute atomic E-state index is 13.1. The molecule has 0 aromatic heterocycles. The van der Waals surface area contributed by atoms with Crippen molar-refractivity contribution in [1.82, 2.24) is 10.2 Å². The highest BCUT2D eigenvalue weighted by molar-refractivity contribution is 6.00. The molecule has 2 rings (SSSR count). The van der Waals surface area contributed by atoms with Gasteiger partial charge in [0.2, 0.25) is 11.8 Å². The predicted molar refractivity (Wildman–Crippen MR) is 79.1 cm³/mol. The SMILES string of the molecule is CCC(CC)N1C(=O)C(C)(C2CC2)NC(=O)C1C(C)C. The van der Waals surface area contributed by atoms with Gasteiger partial charge in [0.15, 0.2) is 0 Å². The average molecular weight is 280 g/mol. The maximum atomic E-state index is 13.1. The van der Waals surface area contributed by atoms with Crippen LogP contribution in [0.3, 0.4) is 0 Å². The molecule has 0 spiro atoms. The number of nitrogens with one attached hydrogen (secondary N) is 1. The van der Waals surface area contributed by atoms with Crippen molar-refractivity contribution in [2.45, 2.75) is 77.9 Å². The first-order chi connectivity index (χ1) is 9.36. The van der Waals surface area contributed by atoms with E-state index in [1.165, 1.54) is 0 Å². The van der Waals surface area contributed by atoms with E-state index in [-0.39, 0.29) is 29.8 Å². The number of rotatable bonds is 5. The monoisotopic (exact) mass is 280 g/mol. The van der Waals surface area contributed by atoms with Crippen LogP contribution < -0.4 is 5.32 Å². The summed E-state index contributed by atoms with van der Waals surface area (Å²) >= 11 is 0. The summed E-state index contributed by atoms with van der Waals surface area (Å²) in [4.78, 5) is 27.5. The third-order valence-electron chi connectivity index (χ3n) is 4.99. The van der Waals surface area contributed by atoms with Gasteiger partial charge in [-0.3, -0.25) is 9.59 Å². The Morgan fingerprint density at radius 2 is 1.80 bits per heavy atom. The molecule has 4 heteroatoms. The standard InChI is InChI=1S/C16H28N2O2/c1-6-12(7-2)18-13(10(3)4)14(19)17-16(5,15(18)20)11-8-9-11/h10-13H,6-9H2,1-5H3,(H,17,19).